The van der Waals surface area contributed by atoms with Gasteiger partial charge in [0.15, 0.2) is 0 Å². The molecule has 1 heterocycles. The summed E-state index contributed by atoms with van der Waals surface area (Å²) < 4.78 is 5.48. The highest BCUT2D eigenvalue weighted by atomic mass is 16.6. The molecule has 1 aliphatic rings. The van der Waals surface area contributed by atoms with Gasteiger partial charge in [-0.25, -0.2) is 4.79 Å². The molecule has 1 aliphatic heterocycles. The number of benzene rings is 1. The van der Waals surface area contributed by atoms with E-state index in [2.05, 4.69) is 5.32 Å². The Morgan fingerprint density at radius 2 is 1.82 bits per heavy atom. The summed E-state index contributed by atoms with van der Waals surface area (Å²) in [5.74, 6) is -0.898. The molecule has 1 saturated heterocycles. The number of rotatable bonds is 5. The van der Waals surface area contributed by atoms with E-state index in [0.717, 1.165) is 25.9 Å². The normalized spacial score (nSPS) is 16.3. The molecule has 120 valence electrons. The zero-order valence-corrected chi connectivity index (χ0v) is 13.2. The number of hydrogen-bond acceptors (Lipinski definition) is 4. The minimum atomic E-state index is -0.771. The molecule has 0 atom stereocenters. The first-order valence-electron chi connectivity index (χ1n) is 7.74. The predicted octanol–water partition coefficient (Wildman–Crippen LogP) is 0.799. The van der Waals surface area contributed by atoms with Crippen molar-refractivity contribution in [3.05, 3.63) is 29.8 Å². The number of piperidine rings is 1. The molecule has 1 aromatic carbocycles. The van der Waals surface area contributed by atoms with Gasteiger partial charge in [0.25, 0.3) is 0 Å². The molecular weight excluding hydrogens is 282 g/mol. The smallest absolute Gasteiger partial charge is 0.375 e. The summed E-state index contributed by atoms with van der Waals surface area (Å²) in [6.07, 6.45) is 1.98. The summed E-state index contributed by atoms with van der Waals surface area (Å²) in [7, 11) is 0. The lowest BCUT2D eigenvalue weighted by atomic mass is 9.83. The number of carbonyl (C=O) groups is 2. The Hall–Kier alpha value is -1.88. The van der Waals surface area contributed by atoms with Gasteiger partial charge in [0.2, 0.25) is 5.78 Å². The van der Waals surface area contributed by atoms with Crippen LogP contribution < -0.4 is 5.32 Å². The molecule has 0 saturated carbocycles. The second-order valence-electron chi connectivity index (χ2n) is 6.40. The minimum absolute atomic E-state index is 0.00631. The van der Waals surface area contributed by atoms with Gasteiger partial charge < -0.3 is 15.2 Å². The van der Waals surface area contributed by atoms with E-state index in [0.29, 0.717) is 11.5 Å². The van der Waals surface area contributed by atoms with E-state index in [1.807, 2.05) is 13.8 Å². The highest BCUT2D eigenvalue weighted by Crippen LogP contribution is 2.28. The average molecular weight is 306 g/mol. The summed E-state index contributed by atoms with van der Waals surface area (Å²) in [5, 5.41) is 11.5. The van der Waals surface area contributed by atoms with Crippen LogP contribution in [0.3, 0.4) is 0 Å². The third kappa shape index (κ3) is 4.31. The fourth-order valence-electron chi connectivity index (χ4n) is 2.87. The molecule has 0 bridgehead atoms. The Bertz CT molecular complexity index is 530. The molecule has 5 heteroatoms. The fourth-order valence-corrected chi connectivity index (χ4v) is 2.87. The van der Waals surface area contributed by atoms with Crippen molar-refractivity contribution in [1.29, 1.82) is 0 Å². The summed E-state index contributed by atoms with van der Waals surface area (Å²) in [6.45, 7) is 5.84. The maximum absolute atomic E-state index is 12.0. The summed E-state index contributed by atoms with van der Waals surface area (Å²) in [6, 6.07) is 6.25. The fraction of sp³-hybridized carbons (Fsp3) is 0.529. The van der Waals surface area contributed by atoms with Crippen molar-refractivity contribution in [2.24, 2.45) is 5.92 Å². The summed E-state index contributed by atoms with van der Waals surface area (Å²) in [5.41, 5.74) is 0.0699. The Balaban J connectivity index is 1.92. The quantitative estimate of drug-likeness (QED) is 0.623. The second-order valence-corrected chi connectivity index (χ2v) is 6.40. The van der Waals surface area contributed by atoms with Crippen LogP contribution in [0.4, 0.5) is 0 Å². The van der Waals surface area contributed by atoms with Crippen LogP contribution in [0, 0.1) is 5.92 Å². The zero-order chi connectivity index (χ0) is 16.2. The van der Waals surface area contributed by atoms with E-state index in [4.69, 9.17) is 4.74 Å². The number of quaternary nitrogens is 1. The molecule has 3 N–H and O–H groups in total. The molecule has 0 unspecified atom stereocenters. The number of Topliss-reactive ketones (excluding diaryl/α,β-unsaturated/α-hetero) is 1. The molecule has 0 aromatic heterocycles. The van der Waals surface area contributed by atoms with Crippen LogP contribution in [0.1, 0.15) is 32.3 Å². The number of esters is 1. The number of ketones is 1. The van der Waals surface area contributed by atoms with Crippen molar-refractivity contribution in [2.75, 3.05) is 13.1 Å². The van der Waals surface area contributed by atoms with Gasteiger partial charge in [-0.3, -0.25) is 4.79 Å². The van der Waals surface area contributed by atoms with Gasteiger partial charge in [0, 0.05) is 25.2 Å². The van der Waals surface area contributed by atoms with Gasteiger partial charge >= 0.3 is 5.97 Å². The third-order valence-corrected chi connectivity index (χ3v) is 4.31. The number of aromatic hydroxyl groups is 1. The maximum atomic E-state index is 12.0. The highest BCUT2D eigenvalue weighted by Gasteiger charge is 2.36. The Morgan fingerprint density at radius 1 is 1.23 bits per heavy atom. The summed E-state index contributed by atoms with van der Waals surface area (Å²) >= 11 is 0. The predicted molar refractivity (Wildman–Crippen MR) is 81.4 cm³/mol. The van der Waals surface area contributed by atoms with E-state index in [1.165, 1.54) is 12.1 Å². The number of ether oxygens (including phenoxy) is 1. The lowest BCUT2D eigenvalue weighted by Gasteiger charge is -2.35. The maximum Gasteiger partial charge on any atom is 0.375 e. The number of phenols is 1. The Morgan fingerprint density at radius 3 is 2.41 bits per heavy atom. The third-order valence-electron chi connectivity index (χ3n) is 4.31. The number of hydrogen-bond donors (Lipinski definition) is 2. The largest absolute Gasteiger partial charge is 0.508 e. The van der Waals surface area contributed by atoms with E-state index >= 15 is 0 Å². The van der Waals surface area contributed by atoms with Gasteiger partial charge in [-0.1, -0.05) is 12.1 Å². The van der Waals surface area contributed by atoms with Crippen molar-refractivity contribution in [1.82, 2.24) is 0 Å². The SMILES string of the molecule is CC(C)(OC(=O)C(=O)Cc1ccc(O)cc1)C1CC[NH2+]CC1. The standard InChI is InChI=1S/C17H23NO4/c1-17(2,13-7-9-18-10-8-13)22-16(21)15(20)11-12-3-5-14(19)6-4-12/h3-6,13,18-19H,7-11H2,1-2H3/p+1. The molecule has 1 aromatic rings. The Kier molecular flexibility index (Phi) is 5.19. The van der Waals surface area contributed by atoms with Crippen molar-refractivity contribution < 1.29 is 24.7 Å². The first kappa shape index (κ1) is 16.5. The van der Waals surface area contributed by atoms with Gasteiger partial charge in [-0.05, 0) is 31.5 Å². The van der Waals surface area contributed by atoms with Crippen LogP contribution >= 0.6 is 0 Å². The van der Waals surface area contributed by atoms with Crippen molar-refractivity contribution in [3.8, 4) is 5.75 Å². The number of phenolic OH excluding ortho intramolecular Hbond substituents is 1. The van der Waals surface area contributed by atoms with Gasteiger partial charge in [-0.2, -0.15) is 0 Å². The van der Waals surface area contributed by atoms with Crippen LogP contribution in [-0.2, 0) is 20.7 Å². The summed E-state index contributed by atoms with van der Waals surface area (Å²) in [4.78, 5) is 24.1. The van der Waals surface area contributed by atoms with Crippen molar-refractivity contribution >= 4 is 11.8 Å². The van der Waals surface area contributed by atoms with Crippen LogP contribution in [0.25, 0.3) is 0 Å². The first-order valence-corrected chi connectivity index (χ1v) is 7.74. The molecule has 22 heavy (non-hydrogen) atoms. The average Bonchev–Trinajstić information content (AvgIpc) is 2.50. The zero-order valence-electron chi connectivity index (χ0n) is 13.2. The first-order chi connectivity index (χ1) is 10.4. The Labute approximate surface area is 130 Å². The van der Waals surface area contributed by atoms with Crippen molar-refractivity contribution in [3.63, 3.8) is 0 Å². The molecule has 0 radical (unpaired) electrons. The molecular formula is C17H24NO4+. The van der Waals surface area contributed by atoms with Crippen LogP contribution in [0.15, 0.2) is 24.3 Å². The topological polar surface area (TPSA) is 80.2 Å². The lowest BCUT2D eigenvalue weighted by Crippen LogP contribution is -2.86. The lowest BCUT2D eigenvalue weighted by molar-refractivity contribution is -0.665. The van der Waals surface area contributed by atoms with Gasteiger partial charge in [-0.15, -0.1) is 0 Å². The van der Waals surface area contributed by atoms with Gasteiger partial charge in [0.1, 0.15) is 11.4 Å². The van der Waals surface area contributed by atoms with Crippen molar-refractivity contribution in [2.45, 2.75) is 38.7 Å². The number of carbonyl (C=O) groups excluding carboxylic acids is 2. The second kappa shape index (κ2) is 6.92. The molecule has 5 nitrogen and oxygen atoms in total. The molecule has 2 rings (SSSR count). The van der Waals surface area contributed by atoms with E-state index in [9.17, 15) is 14.7 Å². The molecule has 1 fully saturated rings. The van der Waals surface area contributed by atoms with E-state index in [1.54, 1.807) is 12.1 Å². The number of nitrogens with two attached hydrogens (primary N) is 1. The van der Waals surface area contributed by atoms with Crippen LogP contribution in [0.2, 0.25) is 0 Å². The highest BCUT2D eigenvalue weighted by molar-refractivity contribution is 6.34. The minimum Gasteiger partial charge on any atom is -0.508 e. The van der Waals surface area contributed by atoms with E-state index in [-0.39, 0.29) is 12.2 Å². The van der Waals surface area contributed by atoms with Crippen LogP contribution in [0.5, 0.6) is 5.75 Å². The monoisotopic (exact) mass is 306 g/mol. The van der Waals surface area contributed by atoms with Crippen LogP contribution in [-0.4, -0.2) is 35.5 Å². The molecule has 0 aliphatic carbocycles. The van der Waals surface area contributed by atoms with E-state index < -0.39 is 17.4 Å². The molecule has 0 amide bonds. The van der Waals surface area contributed by atoms with Gasteiger partial charge in [0.05, 0.1) is 13.1 Å². The molecule has 0 spiro atoms.